The van der Waals surface area contributed by atoms with E-state index in [9.17, 15) is 4.79 Å². The molecule has 1 fully saturated rings. The van der Waals surface area contributed by atoms with Gasteiger partial charge in [-0.05, 0) is 20.8 Å². The summed E-state index contributed by atoms with van der Waals surface area (Å²) in [6.45, 7) is 9.78. The van der Waals surface area contributed by atoms with Crippen molar-refractivity contribution in [3.8, 4) is 0 Å². The third kappa shape index (κ3) is 3.94. The molecule has 92 valence electrons. The lowest BCUT2D eigenvalue weighted by molar-refractivity contribution is -0.149. The van der Waals surface area contributed by atoms with Crippen LogP contribution < -0.4 is 5.32 Å². The highest BCUT2D eigenvalue weighted by Gasteiger charge is 2.28. The van der Waals surface area contributed by atoms with E-state index in [2.05, 4.69) is 30.1 Å². The molecule has 4 nitrogen and oxygen atoms in total. The number of nitrogens with one attached hydrogen (secondary N) is 1. The molecule has 1 atom stereocenters. The Morgan fingerprint density at radius 3 is 2.94 bits per heavy atom. The second kappa shape index (κ2) is 6.66. The van der Waals surface area contributed by atoms with Crippen LogP contribution >= 0.6 is 0 Å². The summed E-state index contributed by atoms with van der Waals surface area (Å²) in [5, 5.41) is 3.23. The fraction of sp³-hybridized carbons (Fsp3) is 0.750. The number of allylic oxidation sites excluding steroid dienone is 1. The second-order valence-corrected chi connectivity index (χ2v) is 4.25. The minimum absolute atomic E-state index is 0.114. The van der Waals surface area contributed by atoms with Crippen molar-refractivity contribution in [3.05, 3.63) is 11.6 Å². The zero-order valence-corrected chi connectivity index (χ0v) is 10.5. The fourth-order valence-electron chi connectivity index (χ4n) is 1.74. The molecule has 1 heterocycles. The number of hydrogen-bond acceptors (Lipinski definition) is 4. The highest BCUT2D eigenvalue weighted by molar-refractivity contribution is 5.76. The Balaban J connectivity index is 2.56. The zero-order chi connectivity index (χ0) is 12.0. The molecule has 0 saturated carbocycles. The van der Waals surface area contributed by atoms with E-state index < -0.39 is 0 Å². The van der Waals surface area contributed by atoms with Gasteiger partial charge >= 0.3 is 5.97 Å². The molecular formula is C12H22N2O2. The van der Waals surface area contributed by atoms with Crippen molar-refractivity contribution in [2.45, 2.75) is 26.8 Å². The van der Waals surface area contributed by atoms with E-state index in [1.54, 1.807) is 0 Å². The minimum Gasteiger partial charge on any atom is -0.465 e. The van der Waals surface area contributed by atoms with E-state index in [0.717, 1.165) is 19.6 Å². The number of nitrogens with zero attached hydrogens (tertiary/aromatic N) is 1. The first-order valence-electron chi connectivity index (χ1n) is 5.90. The third-order valence-corrected chi connectivity index (χ3v) is 2.65. The van der Waals surface area contributed by atoms with Crippen molar-refractivity contribution >= 4 is 5.97 Å². The van der Waals surface area contributed by atoms with Crippen LogP contribution in [0.15, 0.2) is 11.6 Å². The van der Waals surface area contributed by atoms with Gasteiger partial charge in [0.25, 0.3) is 0 Å². The monoisotopic (exact) mass is 226 g/mol. The van der Waals surface area contributed by atoms with Gasteiger partial charge in [0.05, 0.1) is 6.61 Å². The average Bonchev–Trinajstić information content (AvgIpc) is 2.27. The molecule has 1 unspecified atom stereocenters. The molecule has 0 bridgehead atoms. The summed E-state index contributed by atoms with van der Waals surface area (Å²) in [7, 11) is 0. The largest absolute Gasteiger partial charge is 0.465 e. The lowest BCUT2D eigenvalue weighted by Crippen LogP contribution is -2.55. The van der Waals surface area contributed by atoms with Crippen molar-refractivity contribution in [2.75, 3.05) is 32.8 Å². The highest BCUT2D eigenvalue weighted by atomic mass is 16.5. The molecule has 1 rings (SSSR count). The summed E-state index contributed by atoms with van der Waals surface area (Å²) in [6.07, 6.45) is 2.15. The van der Waals surface area contributed by atoms with Crippen molar-refractivity contribution in [1.82, 2.24) is 10.2 Å². The standard InChI is InChI=1S/C12H22N2O2/c1-4-16-12(15)11-9-13-6-8-14(11)7-5-10(2)3/h5,11,13H,4,6-9H2,1-3H3. The predicted molar refractivity (Wildman–Crippen MR) is 64.3 cm³/mol. The van der Waals surface area contributed by atoms with E-state index in [0.29, 0.717) is 13.2 Å². The van der Waals surface area contributed by atoms with Crippen LogP contribution in [-0.2, 0) is 9.53 Å². The first-order valence-corrected chi connectivity index (χ1v) is 5.90. The van der Waals surface area contributed by atoms with Gasteiger partial charge < -0.3 is 10.1 Å². The van der Waals surface area contributed by atoms with E-state index in [1.807, 2.05) is 6.92 Å². The number of esters is 1. The maximum atomic E-state index is 11.7. The Morgan fingerprint density at radius 2 is 2.31 bits per heavy atom. The van der Waals surface area contributed by atoms with Crippen molar-refractivity contribution in [3.63, 3.8) is 0 Å². The maximum Gasteiger partial charge on any atom is 0.324 e. The molecule has 0 aliphatic carbocycles. The summed E-state index contributed by atoms with van der Waals surface area (Å²) in [5.74, 6) is -0.114. The fourth-order valence-corrected chi connectivity index (χ4v) is 1.74. The second-order valence-electron chi connectivity index (χ2n) is 4.25. The number of rotatable bonds is 4. The SMILES string of the molecule is CCOC(=O)C1CNCCN1CC=C(C)C. The van der Waals surface area contributed by atoms with Crippen LogP contribution in [0.3, 0.4) is 0 Å². The summed E-state index contributed by atoms with van der Waals surface area (Å²) >= 11 is 0. The highest BCUT2D eigenvalue weighted by Crippen LogP contribution is 2.06. The molecule has 0 aromatic rings. The van der Waals surface area contributed by atoms with Gasteiger partial charge in [0.15, 0.2) is 0 Å². The van der Waals surface area contributed by atoms with Gasteiger partial charge in [0, 0.05) is 26.2 Å². The topological polar surface area (TPSA) is 41.6 Å². The smallest absolute Gasteiger partial charge is 0.324 e. The molecule has 0 aromatic heterocycles. The zero-order valence-electron chi connectivity index (χ0n) is 10.5. The molecule has 1 aliphatic rings. The predicted octanol–water partition coefficient (Wildman–Crippen LogP) is 0.790. The first-order chi connectivity index (χ1) is 7.65. The molecule has 1 N–H and O–H groups in total. The van der Waals surface area contributed by atoms with Crippen LogP contribution in [0.2, 0.25) is 0 Å². The van der Waals surface area contributed by atoms with E-state index >= 15 is 0 Å². The number of ether oxygens (including phenoxy) is 1. The van der Waals surface area contributed by atoms with Crippen LogP contribution in [0, 0.1) is 0 Å². The Bertz CT molecular complexity index is 260. The van der Waals surface area contributed by atoms with Crippen molar-refractivity contribution in [1.29, 1.82) is 0 Å². The Morgan fingerprint density at radius 1 is 1.56 bits per heavy atom. The average molecular weight is 226 g/mol. The molecular weight excluding hydrogens is 204 g/mol. The van der Waals surface area contributed by atoms with Crippen molar-refractivity contribution < 1.29 is 9.53 Å². The number of carbonyl (C=O) groups is 1. The number of piperazine rings is 1. The summed E-state index contributed by atoms with van der Waals surface area (Å²) in [5.41, 5.74) is 1.28. The summed E-state index contributed by atoms with van der Waals surface area (Å²) in [6, 6.07) is -0.135. The number of carbonyl (C=O) groups excluding carboxylic acids is 1. The molecule has 0 amide bonds. The molecule has 1 aliphatic heterocycles. The Hall–Kier alpha value is -0.870. The third-order valence-electron chi connectivity index (χ3n) is 2.65. The lowest BCUT2D eigenvalue weighted by atomic mass is 10.2. The molecule has 4 heteroatoms. The molecule has 0 spiro atoms. The lowest BCUT2D eigenvalue weighted by Gasteiger charge is -2.33. The van der Waals surface area contributed by atoms with Crippen LogP contribution in [-0.4, -0.2) is 49.7 Å². The first kappa shape index (κ1) is 13.2. The maximum absolute atomic E-state index is 11.7. The Kier molecular flexibility index (Phi) is 5.49. The van der Waals surface area contributed by atoms with E-state index in [-0.39, 0.29) is 12.0 Å². The number of hydrogen-bond donors (Lipinski definition) is 1. The molecule has 1 saturated heterocycles. The quantitative estimate of drug-likeness (QED) is 0.568. The van der Waals surface area contributed by atoms with Crippen molar-refractivity contribution in [2.24, 2.45) is 0 Å². The van der Waals surface area contributed by atoms with Gasteiger partial charge in [-0.2, -0.15) is 0 Å². The van der Waals surface area contributed by atoms with E-state index in [4.69, 9.17) is 4.74 Å². The molecule has 16 heavy (non-hydrogen) atoms. The van der Waals surface area contributed by atoms with E-state index in [1.165, 1.54) is 5.57 Å². The molecule has 0 aromatic carbocycles. The Labute approximate surface area is 97.6 Å². The van der Waals surface area contributed by atoms with Gasteiger partial charge in [-0.15, -0.1) is 0 Å². The van der Waals surface area contributed by atoms with Crippen LogP contribution in [0.4, 0.5) is 0 Å². The molecule has 0 radical (unpaired) electrons. The van der Waals surface area contributed by atoms with Gasteiger partial charge in [-0.25, -0.2) is 0 Å². The van der Waals surface area contributed by atoms with Crippen LogP contribution in [0.25, 0.3) is 0 Å². The van der Waals surface area contributed by atoms with Crippen LogP contribution in [0.1, 0.15) is 20.8 Å². The van der Waals surface area contributed by atoms with Gasteiger partial charge in [-0.3, -0.25) is 9.69 Å². The van der Waals surface area contributed by atoms with Crippen LogP contribution in [0.5, 0.6) is 0 Å². The van der Waals surface area contributed by atoms with Gasteiger partial charge in [-0.1, -0.05) is 11.6 Å². The summed E-state index contributed by atoms with van der Waals surface area (Å²) in [4.78, 5) is 13.9. The normalized spacial score (nSPS) is 21.6. The van der Waals surface area contributed by atoms with Gasteiger partial charge in [0.1, 0.15) is 6.04 Å². The minimum atomic E-state index is -0.135. The van der Waals surface area contributed by atoms with Gasteiger partial charge in [0.2, 0.25) is 0 Å². The summed E-state index contributed by atoms with van der Waals surface area (Å²) < 4.78 is 5.08.